The summed E-state index contributed by atoms with van der Waals surface area (Å²) >= 11 is 0. The van der Waals surface area contributed by atoms with Crippen molar-refractivity contribution in [3.8, 4) is 6.07 Å². The lowest BCUT2D eigenvalue weighted by molar-refractivity contribution is 0.0402. The first-order valence-corrected chi connectivity index (χ1v) is 3.86. The van der Waals surface area contributed by atoms with E-state index in [0.717, 1.165) is 25.7 Å². The SMILES string of the molecule is N#CCCC1(O)CCCC1. The maximum Gasteiger partial charge on any atom is 0.0657 e. The van der Waals surface area contributed by atoms with Gasteiger partial charge in [-0.05, 0) is 19.3 Å². The molecule has 2 heteroatoms. The Bertz CT molecular complexity index is 142. The molecular weight excluding hydrogens is 126 g/mol. The van der Waals surface area contributed by atoms with Crippen LogP contribution in [0.25, 0.3) is 0 Å². The summed E-state index contributed by atoms with van der Waals surface area (Å²) in [6.45, 7) is 0. The zero-order valence-electron chi connectivity index (χ0n) is 6.14. The third kappa shape index (κ3) is 1.71. The van der Waals surface area contributed by atoms with Gasteiger partial charge >= 0.3 is 0 Å². The van der Waals surface area contributed by atoms with Gasteiger partial charge in [-0.1, -0.05) is 12.8 Å². The van der Waals surface area contributed by atoms with Crippen LogP contribution in [0.3, 0.4) is 0 Å². The van der Waals surface area contributed by atoms with E-state index >= 15 is 0 Å². The highest BCUT2D eigenvalue weighted by Crippen LogP contribution is 2.32. The fourth-order valence-corrected chi connectivity index (χ4v) is 1.57. The molecule has 1 rings (SSSR count). The molecule has 1 aliphatic rings. The molecule has 0 bridgehead atoms. The Labute approximate surface area is 61.5 Å². The molecule has 0 aromatic carbocycles. The van der Waals surface area contributed by atoms with Gasteiger partial charge in [-0.3, -0.25) is 0 Å². The Hall–Kier alpha value is -0.550. The zero-order chi connectivity index (χ0) is 7.45. The van der Waals surface area contributed by atoms with Gasteiger partial charge in [0.05, 0.1) is 11.7 Å². The first-order chi connectivity index (χ1) is 4.77. The van der Waals surface area contributed by atoms with Gasteiger partial charge in [0, 0.05) is 6.42 Å². The van der Waals surface area contributed by atoms with E-state index < -0.39 is 5.60 Å². The highest BCUT2D eigenvalue weighted by Gasteiger charge is 2.29. The van der Waals surface area contributed by atoms with Crippen molar-refractivity contribution in [3.05, 3.63) is 0 Å². The van der Waals surface area contributed by atoms with Crippen LogP contribution < -0.4 is 0 Å². The fourth-order valence-electron chi connectivity index (χ4n) is 1.57. The van der Waals surface area contributed by atoms with Gasteiger partial charge in [0.15, 0.2) is 0 Å². The number of rotatable bonds is 2. The molecule has 0 amide bonds. The molecule has 0 aliphatic heterocycles. The van der Waals surface area contributed by atoms with Gasteiger partial charge < -0.3 is 5.11 Å². The lowest BCUT2D eigenvalue weighted by Crippen LogP contribution is -2.23. The summed E-state index contributed by atoms with van der Waals surface area (Å²) in [7, 11) is 0. The van der Waals surface area contributed by atoms with Crippen LogP contribution in [-0.4, -0.2) is 10.7 Å². The van der Waals surface area contributed by atoms with Gasteiger partial charge in [0.25, 0.3) is 0 Å². The van der Waals surface area contributed by atoms with E-state index in [9.17, 15) is 5.11 Å². The predicted molar refractivity (Wildman–Crippen MR) is 38.3 cm³/mol. The molecule has 0 spiro atoms. The van der Waals surface area contributed by atoms with E-state index in [2.05, 4.69) is 6.07 Å². The van der Waals surface area contributed by atoms with Crippen molar-refractivity contribution >= 4 is 0 Å². The summed E-state index contributed by atoms with van der Waals surface area (Å²) in [5, 5.41) is 18.0. The van der Waals surface area contributed by atoms with Crippen molar-refractivity contribution in [1.82, 2.24) is 0 Å². The molecule has 0 unspecified atom stereocenters. The summed E-state index contributed by atoms with van der Waals surface area (Å²) < 4.78 is 0. The molecule has 10 heavy (non-hydrogen) atoms. The summed E-state index contributed by atoms with van der Waals surface area (Å²) in [6, 6.07) is 2.06. The Kier molecular flexibility index (Phi) is 2.29. The summed E-state index contributed by atoms with van der Waals surface area (Å²) in [5.41, 5.74) is -0.476. The van der Waals surface area contributed by atoms with E-state index in [1.807, 2.05) is 0 Å². The van der Waals surface area contributed by atoms with Gasteiger partial charge in [0.1, 0.15) is 0 Å². The Morgan fingerprint density at radius 1 is 1.40 bits per heavy atom. The van der Waals surface area contributed by atoms with Crippen LogP contribution >= 0.6 is 0 Å². The second-order valence-electron chi connectivity index (χ2n) is 3.09. The molecule has 1 N–H and O–H groups in total. The molecule has 0 heterocycles. The van der Waals surface area contributed by atoms with Crippen LogP contribution in [0.15, 0.2) is 0 Å². The van der Waals surface area contributed by atoms with Crippen molar-refractivity contribution in [2.45, 2.75) is 44.1 Å². The molecule has 1 saturated carbocycles. The molecule has 56 valence electrons. The second kappa shape index (κ2) is 3.03. The molecule has 0 aromatic heterocycles. The lowest BCUT2D eigenvalue weighted by atomic mass is 9.97. The lowest BCUT2D eigenvalue weighted by Gasteiger charge is -2.19. The fraction of sp³-hybridized carbons (Fsp3) is 0.875. The largest absolute Gasteiger partial charge is 0.390 e. The maximum absolute atomic E-state index is 9.67. The number of hydrogen-bond acceptors (Lipinski definition) is 2. The van der Waals surface area contributed by atoms with Crippen LogP contribution in [-0.2, 0) is 0 Å². The average molecular weight is 139 g/mol. The quantitative estimate of drug-likeness (QED) is 0.631. The molecule has 0 atom stereocenters. The molecule has 1 aliphatic carbocycles. The Morgan fingerprint density at radius 3 is 2.50 bits per heavy atom. The number of nitrogens with zero attached hydrogens (tertiary/aromatic N) is 1. The van der Waals surface area contributed by atoms with Gasteiger partial charge in [0.2, 0.25) is 0 Å². The Morgan fingerprint density at radius 2 is 2.00 bits per heavy atom. The Balaban J connectivity index is 2.30. The van der Waals surface area contributed by atoms with Crippen molar-refractivity contribution in [3.63, 3.8) is 0 Å². The smallest absolute Gasteiger partial charge is 0.0657 e. The normalized spacial score (nSPS) is 22.4. The highest BCUT2D eigenvalue weighted by molar-refractivity contribution is 4.87. The monoisotopic (exact) mass is 139 g/mol. The molecular formula is C8H13NO. The van der Waals surface area contributed by atoms with Crippen molar-refractivity contribution in [2.24, 2.45) is 0 Å². The zero-order valence-corrected chi connectivity index (χ0v) is 6.14. The number of nitriles is 1. The topological polar surface area (TPSA) is 44.0 Å². The number of aliphatic hydroxyl groups is 1. The average Bonchev–Trinajstić information content (AvgIpc) is 2.33. The van der Waals surface area contributed by atoms with Crippen LogP contribution in [0.1, 0.15) is 38.5 Å². The van der Waals surface area contributed by atoms with E-state index in [-0.39, 0.29) is 0 Å². The minimum Gasteiger partial charge on any atom is -0.390 e. The second-order valence-corrected chi connectivity index (χ2v) is 3.09. The minimum absolute atomic E-state index is 0.476. The summed E-state index contributed by atoms with van der Waals surface area (Å²) in [5.74, 6) is 0. The standard InChI is InChI=1S/C8H13NO/c9-7-3-6-8(10)4-1-2-5-8/h10H,1-6H2. The van der Waals surface area contributed by atoms with Crippen molar-refractivity contribution in [2.75, 3.05) is 0 Å². The van der Waals surface area contributed by atoms with E-state index in [1.165, 1.54) is 0 Å². The number of hydrogen-bond donors (Lipinski definition) is 1. The minimum atomic E-state index is -0.476. The van der Waals surface area contributed by atoms with Crippen LogP contribution in [0.2, 0.25) is 0 Å². The van der Waals surface area contributed by atoms with Crippen LogP contribution in [0, 0.1) is 11.3 Å². The van der Waals surface area contributed by atoms with Crippen LogP contribution in [0.5, 0.6) is 0 Å². The summed E-state index contributed by atoms with van der Waals surface area (Å²) in [6.07, 6.45) is 5.22. The van der Waals surface area contributed by atoms with E-state index in [1.54, 1.807) is 0 Å². The molecule has 0 radical (unpaired) electrons. The molecule has 0 aromatic rings. The highest BCUT2D eigenvalue weighted by atomic mass is 16.3. The maximum atomic E-state index is 9.67. The molecule has 0 saturated heterocycles. The first kappa shape index (κ1) is 7.56. The van der Waals surface area contributed by atoms with Crippen molar-refractivity contribution in [1.29, 1.82) is 5.26 Å². The van der Waals surface area contributed by atoms with E-state index in [4.69, 9.17) is 5.26 Å². The van der Waals surface area contributed by atoms with Crippen molar-refractivity contribution < 1.29 is 5.11 Å². The molecule has 1 fully saturated rings. The summed E-state index contributed by atoms with van der Waals surface area (Å²) in [4.78, 5) is 0. The van der Waals surface area contributed by atoms with Gasteiger partial charge in [-0.25, -0.2) is 0 Å². The third-order valence-electron chi connectivity index (χ3n) is 2.24. The molecule has 2 nitrogen and oxygen atoms in total. The predicted octanol–water partition coefficient (Wildman–Crippen LogP) is 1.60. The van der Waals surface area contributed by atoms with Gasteiger partial charge in [-0.15, -0.1) is 0 Å². The third-order valence-corrected chi connectivity index (χ3v) is 2.24. The first-order valence-electron chi connectivity index (χ1n) is 3.86. The van der Waals surface area contributed by atoms with E-state index in [0.29, 0.717) is 12.8 Å². The van der Waals surface area contributed by atoms with Gasteiger partial charge in [-0.2, -0.15) is 5.26 Å². The van der Waals surface area contributed by atoms with Crippen LogP contribution in [0.4, 0.5) is 0 Å².